The Labute approximate surface area is 118 Å². The second kappa shape index (κ2) is 8.17. The van der Waals surface area contributed by atoms with Crippen LogP contribution in [0.4, 0.5) is 0 Å². The molecule has 0 amide bonds. The van der Waals surface area contributed by atoms with Crippen molar-refractivity contribution in [3.05, 3.63) is 28.7 Å². The number of halogens is 1. The molecule has 2 atom stereocenters. The number of hydrogen-bond acceptors (Lipinski definition) is 2. The molecule has 0 fully saturated rings. The average molecular weight is 316 g/mol. The monoisotopic (exact) mass is 315 g/mol. The minimum Gasteiger partial charge on any atom is -0.314 e. The molecule has 3 heteroatoms. The zero-order valence-corrected chi connectivity index (χ0v) is 13.3. The zero-order valence-electron chi connectivity index (χ0n) is 10.9. The summed E-state index contributed by atoms with van der Waals surface area (Å²) in [6, 6.07) is 9.17. The summed E-state index contributed by atoms with van der Waals surface area (Å²) < 4.78 is 1.15. The van der Waals surface area contributed by atoms with E-state index in [4.69, 9.17) is 0 Å². The van der Waals surface area contributed by atoms with E-state index in [2.05, 4.69) is 66.3 Å². The number of hydrogen-bond donors (Lipinski definition) is 1. The van der Waals surface area contributed by atoms with Crippen molar-refractivity contribution in [2.75, 3.05) is 6.54 Å². The molecule has 96 valence electrons. The Hall–Kier alpha value is 0.01000. The Balaban J connectivity index is 2.33. The highest BCUT2D eigenvalue weighted by Crippen LogP contribution is 2.27. The molecule has 0 spiro atoms. The lowest BCUT2D eigenvalue weighted by Gasteiger charge is -2.18. The molecule has 0 aliphatic carbocycles. The zero-order chi connectivity index (χ0) is 12.7. The third kappa shape index (κ3) is 6.49. The lowest BCUT2D eigenvalue weighted by atomic mass is 10.2. The van der Waals surface area contributed by atoms with Crippen molar-refractivity contribution >= 4 is 27.7 Å². The van der Waals surface area contributed by atoms with Gasteiger partial charge in [-0.25, -0.2) is 0 Å². The molecule has 1 aromatic rings. The summed E-state index contributed by atoms with van der Waals surface area (Å²) in [6.07, 6.45) is 2.42. The smallest absolute Gasteiger partial charge is 0.0176 e. The van der Waals surface area contributed by atoms with Crippen LogP contribution in [0.15, 0.2) is 33.6 Å². The molecule has 0 aliphatic rings. The Bertz CT molecular complexity index is 313. The molecule has 1 aromatic carbocycles. The van der Waals surface area contributed by atoms with Crippen molar-refractivity contribution < 1.29 is 0 Å². The highest BCUT2D eigenvalue weighted by molar-refractivity contribution is 9.10. The summed E-state index contributed by atoms with van der Waals surface area (Å²) in [6.45, 7) is 7.90. The van der Waals surface area contributed by atoms with Gasteiger partial charge < -0.3 is 5.32 Å². The number of thioether (sulfide) groups is 1. The molecule has 0 aliphatic heterocycles. The first-order chi connectivity index (χ1) is 8.11. The Kier molecular flexibility index (Phi) is 7.24. The topological polar surface area (TPSA) is 12.0 Å². The van der Waals surface area contributed by atoms with Crippen LogP contribution in [0, 0.1) is 0 Å². The van der Waals surface area contributed by atoms with Crippen LogP contribution in [0.25, 0.3) is 0 Å². The largest absolute Gasteiger partial charge is 0.314 e. The van der Waals surface area contributed by atoms with Gasteiger partial charge in [0.2, 0.25) is 0 Å². The van der Waals surface area contributed by atoms with Crippen LogP contribution >= 0.6 is 27.7 Å². The van der Waals surface area contributed by atoms with Gasteiger partial charge in [0.05, 0.1) is 0 Å². The Morgan fingerprint density at radius 3 is 2.47 bits per heavy atom. The summed E-state index contributed by atoms with van der Waals surface area (Å²) in [5.41, 5.74) is 0. The molecule has 0 bridgehead atoms. The molecule has 0 saturated carbocycles. The second-order valence-electron chi connectivity index (χ2n) is 4.47. The van der Waals surface area contributed by atoms with Crippen LogP contribution in [-0.2, 0) is 0 Å². The third-order valence-corrected chi connectivity index (χ3v) is 4.25. The van der Waals surface area contributed by atoms with Crippen molar-refractivity contribution in [3.8, 4) is 0 Å². The fourth-order valence-electron chi connectivity index (χ4n) is 1.77. The lowest BCUT2D eigenvalue weighted by molar-refractivity contribution is 0.513. The molecule has 17 heavy (non-hydrogen) atoms. The van der Waals surface area contributed by atoms with E-state index in [0.29, 0.717) is 11.3 Å². The van der Waals surface area contributed by atoms with Gasteiger partial charge in [-0.3, -0.25) is 0 Å². The summed E-state index contributed by atoms with van der Waals surface area (Å²) in [5, 5.41) is 4.19. The number of benzene rings is 1. The van der Waals surface area contributed by atoms with Crippen molar-refractivity contribution in [1.82, 2.24) is 5.32 Å². The second-order valence-corrected chi connectivity index (χ2v) is 6.90. The van der Waals surface area contributed by atoms with Crippen LogP contribution in [0.3, 0.4) is 0 Å². The Morgan fingerprint density at radius 2 is 1.88 bits per heavy atom. The maximum atomic E-state index is 3.54. The van der Waals surface area contributed by atoms with Gasteiger partial charge in [0.1, 0.15) is 0 Å². The van der Waals surface area contributed by atoms with E-state index in [1.54, 1.807) is 0 Å². The van der Waals surface area contributed by atoms with Gasteiger partial charge >= 0.3 is 0 Å². The van der Waals surface area contributed by atoms with Gasteiger partial charge in [0.25, 0.3) is 0 Å². The van der Waals surface area contributed by atoms with Gasteiger partial charge in [0, 0.05) is 20.7 Å². The maximum Gasteiger partial charge on any atom is 0.0176 e. The van der Waals surface area contributed by atoms with E-state index in [9.17, 15) is 0 Å². The van der Waals surface area contributed by atoms with Crippen molar-refractivity contribution in [3.63, 3.8) is 0 Å². The third-order valence-electron chi connectivity index (χ3n) is 2.58. The molecule has 1 N–H and O–H groups in total. The standard InChI is InChI=1S/C14H22BrNS/c1-4-9-16-11(2)10-12(3)17-14-7-5-13(15)6-8-14/h5-8,11-12,16H,4,9-10H2,1-3H3. The highest BCUT2D eigenvalue weighted by atomic mass is 79.9. The van der Waals surface area contributed by atoms with E-state index < -0.39 is 0 Å². The van der Waals surface area contributed by atoms with Gasteiger partial charge in [-0.2, -0.15) is 0 Å². The first kappa shape index (κ1) is 15.1. The molecular formula is C14H22BrNS. The quantitative estimate of drug-likeness (QED) is 0.731. The maximum absolute atomic E-state index is 3.54. The molecule has 1 rings (SSSR count). The summed E-state index contributed by atoms with van der Waals surface area (Å²) in [5.74, 6) is 0. The van der Waals surface area contributed by atoms with Gasteiger partial charge in [-0.1, -0.05) is 29.8 Å². The fraction of sp³-hybridized carbons (Fsp3) is 0.571. The van der Waals surface area contributed by atoms with Crippen LogP contribution in [0.1, 0.15) is 33.6 Å². The molecule has 0 saturated heterocycles. The van der Waals surface area contributed by atoms with Gasteiger partial charge in [-0.05, 0) is 50.6 Å². The summed E-state index contributed by atoms with van der Waals surface area (Å²) in [4.78, 5) is 1.35. The van der Waals surface area contributed by atoms with Crippen LogP contribution in [0.2, 0.25) is 0 Å². The number of nitrogens with one attached hydrogen (secondary N) is 1. The van der Waals surface area contributed by atoms with Gasteiger partial charge in [0.15, 0.2) is 0 Å². The van der Waals surface area contributed by atoms with E-state index >= 15 is 0 Å². The first-order valence-corrected chi connectivity index (χ1v) is 7.94. The Morgan fingerprint density at radius 1 is 1.24 bits per heavy atom. The van der Waals surface area contributed by atoms with Crippen LogP contribution < -0.4 is 5.32 Å². The highest BCUT2D eigenvalue weighted by Gasteiger charge is 2.09. The predicted octanol–water partition coefficient (Wildman–Crippen LogP) is 4.71. The van der Waals surface area contributed by atoms with Crippen LogP contribution in [-0.4, -0.2) is 17.8 Å². The van der Waals surface area contributed by atoms with E-state index in [0.717, 1.165) is 11.0 Å². The predicted molar refractivity (Wildman–Crippen MR) is 81.8 cm³/mol. The molecular weight excluding hydrogens is 294 g/mol. The SMILES string of the molecule is CCCNC(C)CC(C)Sc1ccc(Br)cc1. The van der Waals surface area contributed by atoms with Crippen LogP contribution in [0.5, 0.6) is 0 Å². The van der Waals surface area contributed by atoms with Crippen molar-refractivity contribution in [2.24, 2.45) is 0 Å². The fourth-order valence-corrected chi connectivity index (χ4v) is 3.17. The molecule has 0 aromatic heterocycles. The molecule has 2 unspecified atom stereocenters. The molecule has 1 nitrogen and oxygen atoms in total. The van der Waals surface area contributed by atoms with E-state index in [-0.39, 0.29) is 0 Å². The van der Waals surface area contributed by atoms with Crippen molar-refractivity contribution in [1.29, 1.82) is 0 Å². The van der Waals surface area contributed by atoms with E-state index in [1.165, 1.54) is 17.7 Å². The minimum absolute atomic E-state index is 0.605. The summed E-state index contributed by atoms with van der Waals surface area (Å²) in [7, 11) is 0. The van der Waals surface area contributed by atoms with E-state index in [1.807, 2.05) is 11.8 Å². The van der Waals surface area contributed by atoms with Crippen molar-refractivity contribution in [2.45, 2.75) is 49.8 Å². The molecule has 0 heterocycles. The average Bonchev–Trinajstić information content (AvgIpc) is 2.29. The molecule has 0 radical (unpaired) electrons. The lowest BCUT2D eigenvalue weighted by Crippen LogP contribution is -2.29. The minimum atomic E-state index is 0.605. The normalized spacial score (nSPS) is 14.6. The first-order valence-electron chi connectivity index (χ1n) is 6.27. The number of rotatable bonds is 7. The summed E-state index contributed by atoms with van der Waals surface area (Å²) >= 11 is 5.41. The van der Waals surface area contributed by atoms with Gasteiger partial charge in [-0.15, -0.1) is 11.8 Å².